The van der Waals surface area contributed by atoms with Gasteiger partial charge in [0.25, 0.3) is 0 Å². The Hall–Kier alpha value is -1.26. The van der Waals surface area contributed by atoms with Crippen LogP contribution in [0.2, 0.25) is 0 Å². The Labute approximate surface area is 114 Å². The van der Waals surface area contributed by atoms with Gasteiger partial charge < -0.3 is 15.2 Å². The fourth-order valence-corrected chi connectivity index (χ4v) is 1.43. The van der Waals surface area contributed by atoms with Gasteiger partial charge in [0, 0.05) is 13.0 Å². The highest BCUT2D eigenvalue weighted by Crippen LogP contribution is 2.13. The van der Waals surface area contributed by atoms with E-state index in [1.165, 1.54) is 7.11 Å². The molecule has 18 heavy (non-hydrogen) atoms. The van der Waals surface area contributed by atoms with Crippen molar-refractivity contribution in [2.75, 3.05) is 13.7 Å². The van der Waals surface area contributed by atoms with Crippen molar-refractivity contribution >= 4 is 18.4 Å². The van der Waals surface area contributed by atoms with E-state index in [-0.39, 0.29) is 18.4 Å². The molecule has 102 valence electrons. The van der Waals surface area contributed by atoms with Gasteiger partial charge in [0.15, 0.2) is 0 Å². The van der Waals surface area contributed by atoms with E-state index in [2.05, 4.69) is 4.74 Å². The molecule has 1 aromatic rings. The number of rotatable bonds is 7. The molecule has 2 N–H and O–H groups in total. The molecule has 0 atom stereocenters. The SMILES string of the molecule is COC(=O)CCCCOc1cccc(CN)c1.Cl. The summed E-state index contributed by atoms with van der Waals surface area (Å²) in [4.78, 5) is 10.9. The van der Waals surface area contributed by atoms with Crippen molar-refractivity contribution in [1.82, 2.24) is 0 Å². The Kier molecular flexibility index (Phi) is 9.06. The molecule has 0 aliphatic carbocycles. The van der Waals surface area contributed by atoms with E-state index >= 15 is 0 Å². The molecular formula is C13H20ClNO3. The van der Waals surface area contributed by atoms with Crippen molar-refractivity contribution in [3.63, 3.8) is 0 Å². The summed E-state index contributed by atoms with van der Waals surface area (Å²) >= 11 is 0. The highest BCUT2D eigenvalue weighted by atomic mass is 35.5. The maximum absolute atomic E-state index is 10.9. The largest absolute Gasteiger partial charge is 0.494 e. The van der Waals surface area contributed by atoms with Crippen LogP contribution >= 0.6 is 12.4 Å². The number of benzene rings is 1. The average Bonchev–Trinajstić information content (AvgIpc) is 2.38. The zero-order valence-corrected chi connectivity index (χ0v) is 11.4. The first-order valence-electron chi connectivity index (χ1n) is 5.75. The number of hydrogen-bond acceptors (Lipinski definition) is 4. The highest BCUT2D eigenvalue weighted by molar-refractivity contribution is 5.85. The molecule has 0 saturated heterocycles. The molecule has 0 bridgehead atoms. The second-order valence-corrected chi connectivity index (χ2v) is 3.73. The van der Waals surface area contributed by atoms with Gasteiger partial charge in [-0.05, 0) is 30.5 Å². The summed E-state index contributed by atoms with van der Waals surface area (Å²) < 4.78 is 10.1. The van der Waals surface area contributed by atoms with Crippen LogP contribution < -0.4 is 10.5 Å². The second-order valence-electron chi connectivity index (χ2n) is 3.73. The number of unbranched alkanes of at least 4 members (excludes halogenated alkanes) is 1. The van der Waals surface area contributed by atoms with Gasteiger partial charge in [0.05, 0.1) is 13.7 Å². The Morgan fingerprint density at radius 2 is 2.11 bits per heavy atom. The molecule has 1 rings (SSSR count). The molecule has 0 saturated carbocycles. The van der Waals surface area contributed by atoms with Crippen LogP contribution in [-0.2, 0) is 16.1 Å². The monoisotopic (exact) mass is 273 g/mol. The van der Waals surface area contributed by atoms with Gasteiger partial charge in [-0.1, -0.05) is 12.1 Å². The van der Waals surface area contributed by atoms with Gasteiger partial charge in [0.1, 0.15) is 5.75 Å². The molecule has 0 heterocycles. The van der Waals surface area contributed by atoms with Crippen LogP contribution in [0.15, 0.2) is 24.3 Å². The van der Waals surface area contributed by atoms with E-state index in [1.54, 1.807) is 0 Å². The first-order valence-corrected chi connectivity index (χ1v) is 5.75. The summed E-state index contributed by atoms with van der Waals surface area (Å²) in [5.41, 5.74) is 6.59. The van der Waals surface area contributed by atoms with Crippen LogP contribution in [0.3, 0.4) is 0 Å². The molecule has 0 aliphatic heterocycles. The summed E-state index contributed by atoms with van der Waals surface area (Å²) in [6.45, 7) is 1.12. The van der Waals surface area contributed by atoms with E-state index in [0.717, 1.165) is 24.2 Å². The Morgan fingerprint density at radius 1 is 1.33 bits per heavy atom. The lowest BCUT2D eigenvalue weighted by Gasteiger charge is -2.07. The normalized spacial score (nSPS) is 9.44. The van der Waals surface area contributed by atoms with Gasteiger partial charge in [-0.25, -0.2) is 0 Å². The summed E-state index contributed by atoms with van der Waals surface area (Å²) in [6.07, 6.45) is 2.06. The topological polar surface area (TPSA) is 61.5 Å². The number of ether oxygens (including phenoxy) is 2. The van der Waals surface area contributed by atoms with Crippen molar-refractivity contribution in [1.29, 1.82) is 0 Å². The summed E-state index contributed by atoms with van der Waals surface area (Å²) in [7, 11) is 1.40. The number of methoxy groups -OCH3 is 1. The molecule has 0 fully saturated rings. The summed E-state index contributed by atoms with van der Waals surface area (Å²) in [6, 6.07) is 7.72. The van der Waals surface area contributed by atoms with Gasteiger partial charge >= 0.3 is 5.97 Å². The van der Waals surface area contributed by atoms with Crippen LogP contribution in [0.5, 0.6) is 5.75 Å². The van der Waals surface area contributed by atoms with E-state index in [9.17, 15) is 4.79 Å². The second kappa shape index (κ2) is 9.74. The van der Waals surface area contributed by atoms with Crippen molar-refractivity contribution in [3.8, 4) is 5.75 Å². The van der Waals surface area contributed by atoms with Crippen molar-refractivity contribution in [2.45, 2.75) is 25.8 Å². The molecule has 5 heteroatoms. The summed E-state index contributed by atoms with van der Waals surface area (Å²) in [5, 5.41) is 0. The highest BCUT2D eigenvalue weighted by Gasteiger charge is 2.00. The molecule has 1 aromatic carbocycles. The Balaban J connectivity index is 0.00000289. The fraction of sp³-hybridized carbons (Fsp3) is 0.462. The summed E-state index contributed by atoms with van der Waals surface area (Å²) in [5.74, 6) is 0.654. The first-order chi connectivity index (χ1) is 8.26. The third-order valence-corrected chi connectivity index (χ3v) is 2.41. The minimum absolute atomic E-state index is 0. The van der Waals surface area contributed by atoms with Crippen LogP contribution in [0.25, 0.3) is 0 Å². The average molecular weight is 274 g/mol. The third-order valence-electron chi connectivity index (χ3n) is 2.41. The van der Waals surface area contributed by atoms with Crippen LogP contribution in [0, 0.1) is 0 Å². The molecule has 0 amide bonds. The number of carbonyl (C=O) groups excluding carboxylic acids is 1. The molecule has 4 nitrogen and oxygen atoms in total. The maximum atomic E-state index is 10.9. The smallest absolute Gasteiger partial charge is 0.305 e. The first kappa shape index (κ1) is 16.7. The van der Waals surface area contributed by atoms with Crippen LogP contribution in [0.4, 0.5) is 0 Å². The number of halogens is 1. The van der Waals surface area contributed by atoms with E-state index in [0.29, 0.717) is 19.6 Å². The Bertz CT molecular complexity index is 358. The van der Waals surface area contributed by atoms with Gasteiger partial charge in [-0.3, -0.25) is 4.79 Å². The minimum atomic E-state index is -0.171. The van der Waals surface area contributed by atoms with E-state index < -0.39 is 0 Å². The lowest BCUT2D eigenvalue weighted by molar-refractivity contribution is -0.140. The number of nitrogens with two attached hydrogens (primary N) is 1. The number of esters is 1. The van der Waals surface area contributed by atoms with Crippen molar-refractivity contribution < 1.29 is 14.3 Å². The standard InChI is InChI=1S/C13H19NO3.ClH/c1-16-13(15)7-2-3-8-17-12-6-4-5-11(9-12)10-14;/h4-6,9H,2-3,7-8,10,14H2,1H3;1H. The predicted molar refractivity (Wildman–Crippen MR) is 72.9 cm³/mol. The van der Waals surface area contributed by atoms with Crippen LogP contribution in [0.1, 0.15) is 24.8 Å². The number of carbonyl (C=O) groups is 1. The Morgan fingerprint density at radius 3 is 2.78 bits per heavy atom. The molecule has 0 aromatic heterocycles. The lowest BCUT2D eigenvalue weighted by Crippen LogP contribution is -2.03. The van der Waals surface area contributed by atoms with Crippen molar-refractivity contribution in [2.24, 2.45) is 5.73 Å². The zero-order chi connectivity index (χ0) is 12.5. The minimum Gasteiger partial charge on any atom is -0.494 e. The number of hydrogen-bond donors (Lipinski definition) is 1. The van der Waals surface area contributed by atoms with Crippen LogP contribution in [-0.4, -0.2) is 19.7 Å². The van der Waals surface area contributed by atoms with E-state index in [4.69, 9.17) is 10.5 Å². The predicted octanol–water partition coefficient (Wildman–Crippen LogP) is 2.29. The van der Waals surface area contributed by atoms with E-state index in [1.807, 2.05) is 24.3 Å². The molecule has 0 spiro atoms. The van der Waals surface area contributed by atoms with Gasteiger partial charge in [-0.15, -0.1) is 12.4 Å². The lowest BCUT2D eigenvalue weighted by atomic mass is 10.2. The molecule has 0 radical (unpaired) electrons. The molecule has 0 aliphatic rings. The quantitative estimate of drug-likeness (QED) is 0.612. The van der Waals surface area contributed by atoms with Crippen molar-refractivity contribution in [3.05, 3.63) is 29.8 Å². The van der Waals surface area contributed by atoms with Gasteiger partial charge in [-0.2, -0.15) is 0 Å². The molecular weight excluding hydrogens is 254 g/mol. The zero-order valence-electron chi connectivity index (χ0n) is 10.6. The maximum Gasteiger partial charge on any atom is 0.305 e. The molecule has 0 unspecified atom stereocenters. The fourth-order valence-electron chi connectivity index (χ4n) is 1.43. The van der Waals surface area contributed by atoms with Gasteiger partial charge in [0.2, 0.25) is 0 Å². The third kappa shape index (κ3) is 6.47.